The third-order valence-corrected chi connectivity index (χ3v) is 4.12. The van der Waals surface area contributed by atoms with Gasteiger partial charge in [-0.3, -0.25) is 0 Å². The minimum absolute atomic E-state index is 0.228. The first-order valence-electron chi connectivity index (χ1n) is 6.88. The molecule has 1 aliphatic rings. The molecule has 2 rings (SSSR count). The van der Waals surface area contributed by atoms with E-state index in [0.717, 1.165) is 18.6 Å². The van der Waals surface area contributed by atoms with Crippen LogP contribution in [0, 0.1) is 18.8 Å². The van der Waals surface area contributed by atoms with Gasteiger partial charge in [0.25, 0.3) is 0 Å². The molecule has 1 aromatic rings. The molecule has 2 unspecified atom stereocenters. The van der Waals surface area contributed by atoms with Gasteiger partial charge in [-0.25, -0.2) is 0 Å². The number of aryl methyl sites for hydroxylation is 1. The lowest BCUT2D eigenvalue weighted by molar-refractivity contribution is 0.180. The van der Waals surface area contributed by atoms with Crippen molar-refractivity contribution in [3.63, 3.8) is 0 Å². The van der Waals surface area contributed by atoms with E-state index in [2.05, 4.69) is 32.9 Å². The van der Waals surface area contributed by atoms with Crippen molar-refractivity contribution in [3.05, 3.63) is 29.3 Å². The average molecular weight is 247 g/mol. The monoisotopic (exact) mass is 247 g/mol. The summed E-state index contributed by atoms with van der Waals surface area (Å²) >= 11 is 0. The first-order valence-corrected chi connectivity index (χ1v) is 6.88. The van der Waals surface area contributed by atoms with Gasteiger partial charge in [-0.05, 0) is 44.1 Å². The molecule has 2 atom stereocenters. The third kappa shape index (κ3) is 2.54. The third-order valence-electron chi connectivity index (χ3n) is 4.12. The first-order chi connectivity index (χ1) is 8.44. The highest BCUT2D eigenvalue weighted by atomic mass is 16.5. The Morgan fingerprint density at radius 2 is 1.83 bits per heavy atom. The van der Waals surface area contributed by atoms with E-state index in [4.69, 9.17) is 10.5 Å². The van der Waals surface area contributed by atoms with E-state index < -0.39 is 0 Å². The standard InChI is InChI=1S/C16H25NO/c1-11-5-6-15(18-4)14(8-11)16(17)9-12(2)7-13(3)10-16/h5-6,8,12-13H,7,9-10,17H2,1-4H3. The van der Waals surface area contributed by atoms with E-state index in [-0.39, 0.29) is 5.54 Å². The molecule has 1 fully saturated rings. The summed E-state index contributed by atoms with van der Waals surface area (Å²) in [5.74, 6) is 2.30. The van der Waals surface area contributed by atoms with Gasteiger partial charge < -0.3 is 10.5 Å². The van der Waals surface area contributed by atoms with E-state index in [1.165, 1.54) is 17.5 Å². The zero-order valence-corrected chi connectivity index (χ0v) is 12.0. The number of benzene rings is 1. The predicted molar refractivity (Wildman–Crippen MR) is 75.8 cm³/mol. The maximum Gasteiger partial charge on any atom is 0.123 e. The van der Waals surface area contributed by atoms with Crippen molar-refractivity contribution < 1.29 is 4.74 Å². The van der Waals surface area contributed by atoms with Crippen LogP contribution in [0.3, 0.4) is 0 Å². The van der Waals surface area contributed by atoms with Crippen LogP contribution in [0.1, 0.15) is 44.2 Å². The summed E-state index contributed by atoms with van der Waals surface area (Å²) in [4.78, 5) is 0. The lowest BCUT2D eigenvalue weighted by Gasteiger charge is -2.41. The van der Waals surface area contributed by atoms with Crippen molar-refractivity contribution in [1.29, 1.82) is 0 Å². The zero-order chi connectivity index (χ0) is 13.3. The highest BCUT2D eigenvalue weighted by molar-refractivity contribution is 5.42. The number of rotatable bonds is 2. The summed E-state index contributed by atoms with van der Waals surface area (Å²) in [6.45, 7) is 6.72. The van der Waals surface area contributed by atoms with Gasteiger partial charge >= 0.3 is 0 Å². The van der Waals surface area contributed by atoms with Crippen LogP contribution >= 0.6 is 0 Å². The Morgan fingerprint density at radius 1 is 1.22 bits per heavy atom. The van der Waals surface area contributed by atoms with Crippen LogP contribution in [0.4, 0.5) is 0 Å². The highest BCUT2D eigenvalue weighted by Gasteiger charge is 2.37. The smallest absolute Gasteiger partial charge is 0.123 e. The van der Waals surface area contributed by atoms with E-state index in [1.807, 2.05) is 6.07 Å². The lowest BCUT2D eigenvalue weighted by Crippen LogP contribution is -2.43. The fourth-order valence-electron chi connectivity index (χ4n) is 3.61. The SMILES string of the molecule is COc1ccc(C)cc1C1(N)CC(C)CC(C)C1. The van der Waals surface area contributed by atoms with Crippen molar-refractivity contribution in [1.82, 2.24) is 0 Å². The molecule has 2 nitrogen and oxygen atoms in total. The van der Waals surface area contributed by atoms with Gasteiger partial charge in [-0.1, -0.05) is 31.5 Å². The molecule has 2 N–H and O–H groups in total. The van der Waals surface area contributed by atoms with Crippen LogP contribution < -0.4 is 10.5 Å². The second-order valence-electron chi connectivity index (χ2n) is 6.21. The molecule has 0 saturated heterocycles. The average Bonchev–Trinajstić information content (AvgIpc) is 2.27. The van der Waals surface area contributed by atoms with Gasteiger partial charge in [0.05, 0.1) is 7.11 Å². The summed E-state index contributed by atoms with van der Waals surface area (Å²) in [5, 5.41) is 0. The molecule has 1 aromatic carbocycles. The lowest BCUT2D eigenvalue weighted by atomic mass is 9.69. The maximum absolute atomic E-state index is 6.73. The van der Waals surface area contributed by atoms with Crippen molar-refractivity contribution in [3.8, 4) is 5.75 Å². The van der Waals surface area contributed by atoms with Crippen LogP contribution in [0.25, 0.3) is 0 Å². The van der Waals surface area contributed by atoms with Crippen molar-refractivity contribution in [2.24, 2.45) is 17.6 Å². The zero-order valence-electron chi connectivity index (χ0n) is 12.0. The quantitative estimate of drug-likeness (QED) is 0.866. The molecule has 100 valence electrons. The Balaban J connectivity index is 2.42. The molecular formula is C16H25NO. The van der Waals surface area contributed by atoms with Crippen LogP contribution in [0.5, 0.6) is 5.75 Å². The Labute approximate surface area is 111 Å². The van der Waals surface area contributed by atoms with E-state index in [0.29, 0.717) is 11.8 Å². The molecule has 0 radical (unpaired) electrons. The molecule has 0 spiro atoms. The highest BCUT2D eigenvalue weighted by Crippen LogP contribution is 2.43. The molecule has 0 aliphatic heterocycles. The number of methoxy groups -OCH3 is 1. The molecule has 0 heterocycles. The number of ether oxygens (including phenoxy) is 1. The Hall–Kier alpha value is -1.02. The Bertz CT molecular complexity index is 417. The summed E-state index contributed by atoms with van der Waals surface area (Å²) in [6, 6.07) is 6.33. The molecule has 0 bridgehead atoms. The number of hydrogen-bond acceptors (Lipinski definition) is 2. The fourth-order valence-corrected chi connectivity index (χ4v) is 3.61. The molecule has 0 aromatic heterocycles. The minimum Gasteiger partial charge on any atom is -0.496 e. The molecule has 18 heavy (non-hydrogen) atoms. The summed E-state index contributed by atoms with van der Waals surface area (Å²) < 4.78 is 5.51. The molecular weight excluding hydrogens is 222 g/mol. The summed E-state index contributed by atoms with van der Waals surface area (Å²) in [7, 11) is 1.73. The van der Waals surface area contributed by atoms with Crippen molar-refractivity contribution in [2.75, 3.05) is 7.11 Å². The summed E-state index contributed by atoms with van der Waals surface area (Å²) in [6.07, 6.45) is 3.39. The van der Waals surface area contributed by atoms with Gasteiger partial charge in [0.2, 0.25) is 0 Å². The Kier molecular flexibility index (Phi) is 3.67. The van der Waals surface area contributed by atoms with Crippen LogP contribution in [0.2, 0.25) is 0 Å². The van der Waals surface area contributed by atoms with Crippen LogP contribution in [0.15, 0.2) is 18.2 Å². The van der Waals surface area contributed by atoms with Crippen molar-refractivity contribution >= 4 is 0 Å². The van der Waals surface area contributed by atoms with Crippen LogP contribution in [-0.2, 0) is 5.54 Å². The largest absolute Gasteiger partial charge is 0.496 e. The summed E-state index contributed by atoms with van der Waals surface area (Å²) in [5.41, 5.74) is 8.93. The first kappa shape index (κ1) is 13.4. The topological polar surface area (TPSA) is 35.2 Å². The van der Waals surface area contributed by atoms with Crippen LogP contribution in [-0.4, -0.2) is 7.11 Å². The fraction of sp³-hybridized carbons (Fsp3) is 0.625. The molecule has 0 amide bonds. The van der Waals surface area contributed by atoms with E-state index in [9.17, 15) is 0 Å². The molecule has 1 saturated carbocycles. The van der Waals surface area contributed by atoms with E-state index >= 15 is 0 Å². The number of hydrogen-bond donors (Lipinski definition) is 1. The molecule has 2 heteroatoms. The number of nitrogens with two attached hydrogens (primary N) is 1. The second kappa shape index (κ2) is 4.93. The van der Waals surface area contributed by atoms with Crippen molar-refractivity contribution in [2.45, 2.75) is 45.6 Å². The normalized spacial score (nSPS) is 32.3. The van der Waals surface area contributed by atoms with Gasteiger partial charge in [-0.15, -0.1) is 0 Å². The Morgan fingerprint density at radius 3 is 2.39 bits per heavy atom. The van der Waals surface area contributed by atoms with Gasteiger partial charge in [0, 0.05) is 11.1 Å². The maximum atomic E-state index is 6.73. The minimum atomic E-state index is -0.228. The molecule has 1 aliphatic carbocycles. The van der Waals surface area contributed by atoms with E-state index in [1.54, 1.807) is 7.11 Å². The van der Waals surface area contributed by atoms with Gasteiger partial charge in [0.1, 0.15) is 5.75 Å². The van der Waals surface area contributed by atoms with Gasteiger partial charge in [-0.2, -0.15) is 0 Å². The predicted octanol–water partition coefficient (Wildman–Crippen LogP) is 3.61. The van der Waals surface area contributed by atoms with Gasteiger partial charge in [0.15, 0.2) is 0 Å². The second-order valence-corrected chi connectivity index (χ2v) is 6.21.